The average Bonchev–Trinajstić information content (AvgIpc) is 3.37. The monoisotopic (exact) mass is 448 g/mol. The van der Waals surface area contributed by atoms with Gasteiger partial charge in [-0.05, 0) is 56.6 Å². The molecule has 0 saturated carbocycles. The van der Waals surface area contributed by atoms with Crippen LogP contribution in [0.2, 0.25) is 0 Å². The first-order valence-electron chi connectivity index (χ1n) is 11.3. The highest BCUT2D eigenvalue weighted by atomic mass is 32.2. The first kappa shape index (κ1) is 21.0. The molecular weight excluding hydrogens is 420 g/mol. The lowest BCUT2D eigenvalue weighted by Gasteiger charge is -2.26. The van der Waals surface area contributed by atoms with Crippen molar-refractivity contribution in [3.63, 3.8) is 0 Å². The number of rotatable bonds is 8. The second kappa shape index (κ2) is 9.75. The molecule has 1 fully saturated rings. The summed E-state index contributed by atoms with van der Waals surface area (Å²) in [4.78, 5) is 17.7. The van der Waals surface area contributed by atoms with Crippen molar-refractivity contribution in [1.29, 1.82) is 0 Å². The fourth-order valence-corrected chi connectivity index (χ4v) is 5.26. The van der Waals surface area contributed by atoms with E-state index in [2.05, 4.69) is 48.9 Å². The lowest BCUT2D eigenvalue weighted by Crippen LogP contribution is -2.30. The van der Waals surface area contributed by atoms with Crippen molar-refractivity contribution in [3.8, 4) is 5.69 Å². The van der Waals surface area contributed by atoms with Crippen LogP contribution >= 0.6 is 11.8 Å². The van der Waals surface area contributed by atoms with Crippen LogP contribution in [-0.4, -0.2) is 48.1 Å². The Bertz CT molecular complexity index is 1220. The standard InChI is InChI=1S/C24H28N6OS/c31-23-25-20-12-5-6-13-21(20)29(23)16-9-17-32-24-27-26-22(18-28-14-7-2-8-15-28)30(24)19-10-3-1-4-11-19/h1,3-6,10-13H,2,7-9,14-18H2,(H,25,31). The van der Waals surface area contributed by atoms with Crippen LogP contribution in [0.3, 0.4) is 0 Å². The van der Waals surface area contributed by atoms with Gasteiger partial charge in [0, 0.05) is 18.0 Å². The predicted octanol–water partition coefficient (Wildman–Crippen LogP) is 4.08. The molecule has 1 aliphatic rings. The van der Waals surface area contributed by atoms with E-state index in [0.29, 0.717) is 6.54 Å². The lowest BCUT2D eigenvalue weighted by atomic mass is 10.1. The number of thioether (sulfide) groups is 1. The van der Waals surface area contributed by atoms with E-state index in [-0.39, 0.29) is 5.69 Å². The highest BCUT2D eigenvalue weighted by Gasteiger charge is 2.18. The Hall–Kier alpha value is -2.84. The van der Waals surface area contributed by atoms with Gasteiger partial charge in [-0.2, -0.15) is 0 Å². The maximum atomic E-state index is 12.3. The number of likely N-dealkylation sites (tertiary alicyclic amines) is 1. The third-order valence-corrected chi connectivity index (χ3v) is 6.98. The summed E-state index contributed by atoms with van der Waals surface area (Å²) >= 11 is 1.70. The molecule has 2 aromatic carbocycles. The van der Waals surface area contributed by atoms with Gasteiger partial charge in [0.25, 0.3) is 0 Å². The molecule has 1 saturated heterocycles. The molecule has 0 amide bonds. The van der Waals surface area contributed by atoms with E-state index >= 15 is 0 Å². The van der Waals surface area contributed by atoms with Crippen LogP contribution in [0.1, 0.15) is 31.5 Å². The molecule has 166 valence electrons. The molecule has 0 aliphatic carbocycles. The molecular formula is C24H28N6OS. The number of hydrogen-bond donors (Lipinski definition) is 1. The van der Waals surface area contributed by atoms with Crippen LogP contribution in [0.4, 0.5) is 0 Å². The Morgan fingerprint density at radius 2 is 1.72 bits per heavy atom. The van der Waals surface area contributed by atoms with Crippen molar-refractivity contribution in [1.82, 2.24) is 29.2 Å². The summed E-state index contributed by atoms with van der Waals surface area (Å²) < 4.78 is 4.01. The summed E-state index contributed by atoms with van der Waals surface area (Å²) in [5, 5.41) is 10.0. The third kappa shape index (κ3) is 4.52. The van der Waals surface area contributed by atoms with Gasteiger partial charge in [-0.3, -0.25) is 14.0 Å². The van der Waals surface area contributed by atoms with Gasteiger partial charge < -0.3 is 4.98 Å². The minimum absolute atomic E-state index is 0.0486. The number of H-pyrrole nitrogens is 1. The van der Waals surface area contributed by atoms with Gasteiger partial charge in [-0.1, -0.05) is 48.5 Å². The number of aryl methyl sites for hydroxylation is 1. The number of para-hydroxylation sites is 3. The Balaban J connectivity index is 1.29. The number of fused-ring (bicyclic) bond motifs is 1. The molecule has 1 aliphatic heterocycles. The molecule has 4 aromatic rings. The summed E-state index contributed by atoms with van der Waals surface area (Å²) in [5.41, 5.74) is 2.89. The Labute approximate surface area is 191 Å². The van der Waals surface area contributed by atoms with Crippen LogP contribution in [0.15, 0.2) is 64.5 Å². The van der Waals surface area contributed by atoms with Crippen molar-refractivity contribution in [2.24, 2.45) is 0 Å². The molecule has 0 unspecified atom stereocenters. The van der Waals surface area contributed by atoms with Crippen LogP contribution in [0.25, 0.3) is 16.7 Å². The highest BCUT2D eigenvalue weighted by molar-refractivity contribution is 7.99. The number of piperidine rings is 1. The first-order chi connectivity index (χ1) is 15.8. The number of nitrogens with one attached hydrogen (secondary N) is 1. The quantitative estimate of drug-likeness (QED) is 0.325. The van der Waals surface area contributed by atoms with E-state index in [1.807, 2.05) is 34.9 Å². The molecule has 5 rings (SSSR count). The van der Waals surface area contributed by atoms with Gasteiger partial charge in [0.2, 0.25) is 0 Å². The summed E-state index contributed by atoms with van der Waals surface area (Å²) in [5.74, 6) is 1.86. The van der Waals surface area contributed by atoms with E-state index in [1.165, 1.54) is 19.3 Å². The lowest BCUT2D eigenvalue weighted by molar-refractivity contribution is 0.214. The van der Waals surface area contributed by atoms with E-state index < -0.39 is 0 Å². The first-order valence-corrected chi connectivity index (χ1v) is 12.3. The molecule has 8 heteroatoms. The number of aromatic nitrogens is 5. The van der Waals surface area contributed by atoms with Crippen LogP contribution in [0, 0.1) is 0 Å². The Morgan fingerprint density at radius 3 is 2.56 bits per heavy atom. The van der Waals surface area contributed by atoms with E-state index in [9.17, 15) is 4.79 Å². The molecule has 7 nitrogen and oxygen atoms in total. The fourth-order valence-electron chi connectivity index (χ4n) is 4.37. The van der Waals surface area contributed by atoms with Crippen LogP contribution in [0.5, 0.6) is 0 Å². The van der Waals surface area contributed by atoms with Crippen LogP contribution in [-0.2, 0) is 13.1 Å². The highest BCUT2D eigenvalue weighted by Crippen LogP contribution is 2.24. The Kier molecular flexibility index (Phi) is 6.41. The normalized spacial score (nSPS) is 14.9. The second-order valence-electron chi connectivity index (χ2n) is 8.21. The van der Waals surface area contributed by atoms with Crippen molar-refractivity contribution in [2.75, 3.05) is 18.8 Å². The molecule has 0 bridgehead atoms. The summed E-state index contributed by atoms with van der Waals surface area (Å²) in [6.07, 6.45) is 4.71. The van der Waals surface area contributed by atoms with Crippen molar-refractivity contribution >= 4 is 22.8 Å². The molecule has 0 spiro atoms. The van der Waals surface area contributed by atoms with Crippen molar-refractivity contribution in [3.05, 3.63) is 70.9 Å². The van der Waals surface area contributed by atoms with Gasteiger partial charge in [-0.15, -0.1) is 10.2 Å². The van der Waals surface area contributed by atoms with Gasteiger partial charge in [0.05, 0.1) is 17.6 Å². The number of imidazole rings is 1. The summed E-state index contributed by atoms with van der Waals surface area (Å²) in [6, 6.07) is 18.2. The predicted molar refractivity (Wildman–Crippen MR) is 128 cm³/mol. The third-order valence-electron chi connectivity index (χ3n) is 5.97. The maximum absolute atomic E-state index is 12.3. The average molecular weight is 449 g/mol. The molecule has 0 atom stereocenters. The summed E-state index contributed by atoms with van der Waals surface area (Å²) in [6.45, 7) is 3.76. The van der Waals surface area contributed by atoms with Gasteiger partial charge >= 0.3 is 5.69 Å². The van der Waals surface area contributed by atoms with Crippen LogP contribution < -0.4 is 5.69 Å². The van der Waals surface area contributed by atoms with Gasteiger partial charge in [0.15, 0.2) is 11.0 Å². The van der Waals surface area contributed by atoms with E-state index in [4.69, 9.17) is 0 Å². The molecule has 3 heterocycles. The van der Waals surface area contributed by atoms with Gasteiger partial charge in [0.1, 0.15) is 0 Å². The topological polar surface area (TPSA) is 71.7 Å². The second-order valence-corrected chi connectivity index (χ2v) is 9.27. The minimum atomic E-state index is -0.0486. The largest absolute Gasteiger partial charge is 0.326 e. The minimum Gasteiger partial charge on any atom is -0.306 e. The SMILES string of the molecule is O=c1[nH]c2ccccc2n1CCCSc1nnc(CN2CCCCC2)n1-c1ccccc1. The molecule has 0 radical (unpaired) electrons. The summed E-state index contributed by atoms with van der Waals surface area (Å²) in [7, 11) is 0. The number of hydrogen-bond acceptors (Lipinski definition) is 5. The van der Waals surface area contributed by atoms with Gasteiger partial charge in [-0.25, -0.2) is 4.79 Å². The van der Waals surface area contributed by atoms with Crippen molar-refractivity contribution < 1.29 is 0 Å². The number of benzene rings is 2. The smallest absolute Gasteiger partial charge is 0.306 e. The number of aromatic amines is 1. The fraction of sp³-hybridized carbons (Fsp3) is 0.375. The molecule has 2 aromatic heterocycles. The molecule has 1 N–H and O–H groups in total. The number of nitrogens with zero attached hydrogens (tertiary/aromatic N) is 5. The molecule has 32 heavy (non-hydrogen) atoms. The zero-order valence-corrected chi connectivity index (χ0v) is 18.9. The maximum Gasteiger partial charge on any atom is 0.326 e. The zero-order valence-electron chi connectivity index (χ0n) is 18.1. The van der Waals surface area contributed by atoms with E-state index in [1.54, 1.807) is 11.8 Å². The zero-order chi connectivity index (χ0) is 21.8. The van der Waals surface area contributed by atoms with E-state index in [0.717, 1.165) is 59.5 Å². The Morgan fingerprint density at radius 1 is 0.938 bits per heavy atom. The van der Waals surface area contributed by atoms with Crippen molar-refractivity contribution in [2.45, 2.75) is 43.9 Å².